The Morgan fingerprint density at radius 3 is 2.64 bits per heavy atom. The van der Waals surface area contributed by atoms with E-state index in [-0.39, 0.29) is 22.1 Å². The first-order valence-corrected chi connectivity index (χ1v) is 7.79. The van der Waals surface area contributed by atoms with Crippen LogP contribution >= 0.6 is 0 Å². The van der Waals surface area contributed by atoms with Gasteiger partial charge in [-0.05, 0) is 30.3 Å². The lowest BCUT2D eigenvalue weighted by Crippen LogP contribution is -2.19. The average Bonchev–Trinajstić information content (AvgIpc) is 2.54. The van der Waals surface area contributed by atoms with E-state index in [1.165, 1.54) is 44.8 Å². The number of hydrogen-bond acceptors (Lipinski definition) is 5. The SMILES string of the molecule is CNC(=O)c1ccc(OC)c(S(=O)(=O)Nc2cccnc2)c1. The van der Waals surface area contributed by atoms with E-state index in [2.05, 4.69) is 15.0 Å². The Morgan fingerprint density at radius 1 is 1.27 bits per heavy atom. The normalized spacial score (nSPS) is 10.8. The summed E-state index contributed by atoms with van der Waals surface area (Å²) in [6, 6.07) is 7.36. The van der Waals surface area contributed by atoms with Crippen LogP contribution in [-0.4, -0.2) is 33.5 Å². The van der Waals surface area contributed by atoms with Crippen LogP contribution < -0.4 is 14.8 Å². The number of anilines is 1. The Kier molecular flexibility index (Phi) is 4.62. The van der Waals surface area contributed by atoms with Crippen molar-refractivity contribution in [2.24, 2.45) is 0 Å². The number of nitrogens with one attached hydrogen (secondary N) is 2. The van der Waals surface area contributed by atoms with Crippen molar-refractivity contribution in [3.8, 4) is 5.75 Å². The molecule has 1 amide bonds. The minimum Gasteiger partial charge on any atom is -0.495 e. The van der Waals surface area contributed by atoms with E-state index in [1.807, 2.05) is 0 Å². The van der Waals surface area contributed by atoms with Crippen LogP contribution in [0.1, 0.15) is 10.4 Å². The van der Waals surface area contributed by atoms with Crippen LogP contribution in [0.15, 0.2) is 47.6 Å². The van der Waals surface area contributed by atoms with E-state index in [0.29, 0.717) is 5.69 Å². The third kappa shape index (κ3) is 3.34. The van der Waals surface area contributed by atoms with E-state index in [9.17, 15) is 13.2 Å². The second-order valence-corrected chi connectivity index (χ2v) is 5.94. The Morgan fingerprint density at radius 2 is 2.05 bits per heavy atom. The lowest BCUT2D eigenvalue weighted by Gasteiger charge is -2.12. The van der Waals surface area contributed by atoms with Crippen LogP contribution in [0, 0.1) is 0 Å². The van der Waals surface area contributed by atoms with E-state index < -0.39 is 10.0 Å². The molecule has 2 rings (SSSR count). The van der Waals surface area contributed by atoms with Gasteiger partial charge < -0.3 is 10.1 Å². The highest BCUT2D eigenvalue weighted by molar-refractivity contribution is 7.92. The monoisotopic (exact) mass is 321 g/mol. The Hall–Kier alpha value is -2.61. The number of hydrogen-bond donors (Lipinski definition) is 2. The van der Waals surface area contributed by atoms with E-state index in [4.69, 9.17) is 4.74 Å². The van der Waals surface area contributed by atoms with Gasteiger partial charge in [0.05, 0.1) is 19.0 Å². The minimum absolute atomic E-state index is 0.125. The number of sulfonamides is 1. The first-order chi connectivity index (χ1) is 10.5. The number of carbonyl (C=O) groups excluding carboxylic acids is 1. The highest BCUT2D eigenvalue weighted by Crippen LogP contribution is 2.26. The van der Waals surface area contributed by atoms with Crippen molar-refractivity contribution >= 4 is 21.6 Å². The topological polar surface area (TPSA) is 97.4 Å². The summed E-state index contributed by atoms with van der Waals surface area (Å²) in [5.74, 6) is -0.246. The fourth-order valence-electron chi connectivity index (χ4n) is 1.81. The number of pyridine rings is 1. The lowest BCUT2D eigenvalue weighted by atomic mass is 10.2. The molecule has 0 fully saturated rings. The highest BCUT2D eigenvalue weighted by Gasteiger charge is 2.21. The van der Waals surface area contributed by atoms with Gasteiger partial charge in [0.15, 0.2) is 0 Å². The molecule has 1 aromatic carbocycles. The molecule has 2 aromatic rings. The van der Waals surface area contributed by atoms with E-state index in [0.717, 1.165) is 0 Å². The van der Waals surface area contributed by atoms with Crippen LogP contribution in [0.4, 0.5) is 5.69 Å². The molecule has 22 heavy (non-hydrogen) atoms. The molecule has 0 aliphatic rings. The summed E-state index contributed by atoms with van der Waals surface area (Å²) >= 11 is 0. The van der Waals surface area contributed by atoms with Crippen LogP contribution in [0.25, 0.3) is 0 Å². The molecule has 0 unspecified atom stereocenters. The number of rotatable bonds is 5. The predicted molar refractivity (Wildman–Crippen MR) is 81.4 cm³/mol. The van der Waals surface area contributed by atoms with Gasteiger partial charge in [-0.25, -0.2) is 8.42 Å². The highest BCUT2D eigenvalue weighted by atomic mass is 32.2. The van der Waals surface area contributed by atoms with Crippen molar-refractivity contribution in [3.63, 3.8) is 0 Å². The molecule has 0 aliphatic carbocycles. The number of aromatic nitrogens is 1. The van der Waals surface area contributed by atoms with Gasteiger partial charge in [0.2, 0.25) is 0 Å². The lowest BCUT2D eigenvalue weighted by molar-refractivity contribution is 0.0963. The zero-order chi connectivity index (χ0) is 16.2. The molecule has 7 nitrogen and oxygen atoms in total. The average molecular weight is 321 g/mol. The summed E-state index contributed by atoms with van der Waals surface area (Å²) in [5, 5.41) is 2.44. The summed E-state index contributed by atoms with van der Waals surface area (Å²) in [7, 11) is -1.09. The molecule has 0 aliphatic heterocycles. The van der Waals surface area contributed by atoms with Crippen molar-refractivity contribution in [2.75, 3.05) is 18.9 Å². The van der Waals surface area contributed by atoms with E-state index >= 15 is 0 Å². The molecule has 0 spiro atoms. The van der Waals surface area contributed by atoms with Gasteiger partial charge in [0.25, 0.3) is 15.9 Å². The summed E-state index contributed by atoms with van der Waals surface area (Å²) < 4.78 is 32.5. The predicted octanol–water partition coefficient (Wildman–Crippen LogP) is 1.25. The van der Waals surface area contributed by atoms with Gasteiger partial charge >= 0.3 is 0 Å². The molecular weight excluding hydrogens is 306 g/mol. The van der Waals surface area contributed by atoms with Crippen LogP contribution in [-0.2, 0) is 10.0 Å². The van der Waals surface area contributed by atoms with Crippen molar-refractivity contribution in [3.05, 3.63) is 48.3 Å². The number of nitrogens with zero attached hydrogens (tertiary/aromatic N) is 1. The fraction of sp³-hybridized carbons (Fsp3) is 0.143. The smallest absolute Gasteiger partial charge is 0.265 e. The molecule has 1 aromatic heterocycles. The maximum absolute atomic E-state index is 12.5. The molecular formula is C14H15N3O4S. The van der Waals surface area contributed by atoms with Gasteiger partial charge in [-0.3, -0.25) is 14.5 Å². The zero-order valence-electron chi connectivity index (χ0n) is 12.0. The number of amides is 1. The number of carbonyl (C=O) groups is 1. The molecule has 116 valence electrons. The molecule has 0 radical (unpaired) electrons. The Balaban J connectivity index is 2.46. The first-order valence-electron chi connectivity index (χ1n) is 6.31. The van der Waals surface area contributed by atoms with Gasteiger partial charge in [-0.15, -0.1) is 0 Å². The minimum atomic E-state index is -3.92. The summed E-state index contributed by atoms with van der Waals surface area (Å²) in [6.07, 6.45) is 2.91. The first kappa shape index (κ1) is 15.8. The summed E-state index contributed by atoms with van der Waals surface area (Å²) in [4.78, 5) is 15.4. The van der Waals surface area contributed by atoms with Crippen molar-refractivity contribution < 1.29 is 17.9 Å². The largest absolute Gasteiger partial charge is 0.495 e. The van der Waals surface area contributed by atoms with Gasteiger partial charge in [-0.2, -0.15) is 0 Å². The number of benzene rings is 1. The summed E-state index contributed by atoms with van der Waals surface area (Å²) in [6.45, 7) is 0. The number of ether oxygens (including phenoxy) is 1. The van der Waals surface area contributed by atoms with Crippen molar-refractivity contribution in [2.45, 2.75) is 4.90 Å². The van der Waals surface area contributed by atoms with Crippen LogP contribution in [0.5, 0.6) is 5.75 Å². The standard InChI is InChI=1S/C14H15N3O4S/c1-15-14(18)10-5-6-12(21-2)13(8-10)22(19,20)17-11-4-3-7-16-9-11/h3-9,17H,1-2H3,(H,15,18). The molecule has 0 saturated carbocycles. The van der Waals surface area contributed by atoms with Crippen molar-refractivity contribution in [1.29, 1.82) is 0 Å². The fourth-order valence-corrected chi connectivity index (χ4v) is 3.04. The Labute approximate surface area is 128 Å². The van der Waals surface area contributed by atoms with E-state index in [1.54, 1.807) is 12.1 Å². The number of methoxy groups -OCH3 is 1. The third-order valence-electron chi connectivity index (χ3n) is 2.86. The maximum atomic E-state index is 12.5. The third-order valence-corrected chi connectivity index (χ3v) is 4.26. The van der Waals surface area contributed by atoms with Crippen LogP contribution in [0.2, 0.25) is 0 Å². The maximum Gasteiger partial charge on any atom is 0.265 e. The molecule has 0 atom stereocenters. The van der Waals surface area contributed by atoms with Gasteiger partial charge in [-0.1, -0.05) is 0 Å². The second-order valence-electron chi connectivity index (χ2n) is 4.29. The van der Waals surface area contributed by atoms with Crippen LogP contribution in [0.3, 0.4) is 0 Å². The quantitative estimate of drug-likeness (QED) is 0.864. The van der Waals surface area contributed by atoms with Gasteiger partial charge in [0, 0.05) is 18.8 Å². The van der Waals surface area contributed by atoms with Crippen molar-refractivity contribution in [1.82, 2.24) is 10.3 Å². The molecule has 8 heteroatoms. The van der Waals surface area contributed by atoms with Gasteiger partial charge in [0.1, 0.15) is 10.6 Å². The molecule has 1 heterocycles. The molecule has 0 saturated heterocycles. The Bertz CT molecular complexity index is 776. The molecule has 0 bridgehead atoms. The zero-order valence-corrected chi connectivity index (χ0v) is 12.8. The molecule has 2 N–H and O–H groups in total. The summed E-state index contributed by atoms with van der Waals surface area (Å²) in [5.41, 5.74) is 0.532. The second kappa shape index (κ2) is 6.44.